The molecule has 1 aromatic rings. The second kappa shape index (κ2) is 15.1. The van der Waals surface area contributed by atoms with Crippen molar-refractivity contribution >= 4 is 41.5 Å². The van der Waals surface area contributed by atoms with Crippen LogP contribution in [0.1, 0.15) is 25.7 Å². The van der Waals surface area contributed by atoms with Crippen molar-refractivity contribution in [1.29, 1.82) is 0 Å². The molecule has 0 bridgehead atoms. The van der Waals surface area contributed by atoms with Crippen LogP contribution in [0, 0.1) is 0 Å². The van der Waals surface area contributed by atoms with Crippen molar-refractivity contribution < 1.29 is 23.7 Å². The summed E-state index contributed by atoms with van der Waals surface area (Å²) in [5, 5.41) is 6.56. The first kappa shape index (κ1) is 26.5. The zero-order valence-electron chi connectivity index (χ0n) is 18.8. The number of benzene rings is 1. The smallest absolute Gasteiger partial charge is 0.244 e. The molecule has 1 saturated heterocycles. The van der Waals surface area contributed by atoms with E-state index in [2.05, 4.69) is 15.6 Å². The third kappa shape index (κ3) is 8.99. The molecule has 0 atom stereocenters. The van der Waals surface area contributed by atoms with E-state index in [0.717, 1.165) is 50.2 Å². The Morgan fingerprint density at radius 1 is 1.09 bits per heavy atom. The number of halogens is 1. The summed E-state index contributed by atoms with van der Waals surface area (Å²) >= 11 is 0. The predicted octanol–water partition coefficient (Wildman–Crippen LogP) is 2.50. The summed E-state index contributed by atoms with van der Waals surface area (Å²) in [6, 6.07) is 5.70. The Bertz CT molecular complexity index is 728. The fraction of sp³-hybridized carbons (Fsp3) is 0.636. The molecule has 2 aliphatic rings. The summed E-state index contributed by atoms with van der Waals surface area (Å²) in [5.74, 6) is 2.06. The summed E-state index contributed by atoms with van der Waals surface area (Å²) < 4.78 is 21.9. The zero-order valence-corrected chi connectivity index (χ0v) is 21.1. The lowest BCUT2D eigenvalue weighted by Gasteiger charge is -2.16. The Hall–Kier alpha value is -1.79. The van der Waals surface area contributed by atoms with Gasteiger partial charge in [0, 0.05) is 51.5 Å². The highest BCUT2D eigenvalue weighted by atomic mass is 127. The van der Waals surface area contributed by atoms with Crippen LogP contribution in [-0.4, -0.2) is 83.1 Å². The monoisotopic (exact) mass is 562 g/mol. The van der Waals surface area contributed by atoms with Crippen LogP contribution in [0.15, 0.2) is 23.2 Å². The number of guanidine groups is 1. The van der Waals surface area contributed by atoms with Crippen LogP contribution in [0.2, 0.25) is 0 Å². The number of rotatable bonds is 10. The lowest BCUT2D eigenvalue weighted by Crippen LogP contribution is -2.35. The number of nitrogens with zero attached hydrogens (tertiary/aromatic N) is 2. The minimum absolute atomic E-state index is 0. The van der Waals surface area contributed by atoms with Gasteiger partial charge in [0.2, 0.25) is 5.91 Å². The van der Waals surface area contributed by atoms with Gasteiger partial charge < -0.3 is 34.5 Å². The van der Waals surface area contributed by atoms with E-state index in [0.29, 0.717) is 51.3 Å². The molecule has 0 spiro atoms. The number of methoxy groups -OCH3 is 1. The fourth-order valence-corrected chi connectivity index (χ4v) is 3.36. The van der Waals surface area contributed by atoms with E-state index in [4.69, 9.17) is 18.9 Å². The highest BCUT2D eigenvalue weighted by Gasteiger charge is 2.17. The molecule has 2 aliphatic heterocycles. The van der Waals surface area contributed by atoms with Crippen LogP contribution in [0.4, 0.5) is 5.69 Å². The largest absolute Gasteiger partial charge is 0.490 e. The number of carbonyl (C=O) groups is 1. The normalized spacial score (nSPS) is 15.7. The topological polar surface area (TPSA) is 93.7 Å². The lowest BCUT2D eigenvalue weighted by molar-refractivity contribution is -0.128. The maximum Gasteiger partial charge on any atom is 0.244 e. The third-order valence-corrected chi connectivity index (χ3v) is 5.03. The fourth-order valence-electron chi connectivity index (χ4n) is 3.36. The van der Waals surface area contributed by atoms with Crippen LogP contribution < -0.4 is 20.1 Å². The van der Waals surface area contributed by atoms with Gasteiger partial charge >= 0.3 is 0 Å². The van der Waals surface area contributed by atoms with Gasteiger partial charge in [0.25, 0.3) is 0 Å². The minimum atomic E-state index is 0. The molecule has 0 aromatic heterocycles. The molecule has 180 valence electrons. The summed E-state index contributed by atoms with van der Waals surface area (Å²) in [7, 11) is 1.66. The lowest BCUT2D eigenvalue weighted by atomic mass is 10.2. The van der Waals surface area contributed by atoms with Crippen LogP contribution >= 0.6 is 24.0 Å². The molecule has 10 heteroatoms. The van der Waals surface area contributed by atoms with Gasteiger partial charge in [-0.05, 0) is 31.4 Å². The van der Waals surface area contributed by atoms with Crippen molar-refractivity contribution in [3.05, 3.63) is 18.2 Å². The number of nitrogens with one attached hydrogen (secondary N) is 2. The number of likely N-dealkylation sites (tertiary alicyclic amines) is 1. The SMILES string of the molecule is COCCOCCCNC(=NCC(=O)N1CCCC1)Nc1ccc2c(c1)OCCCO2.I. The summed E-state index contributed by atoms with van der Waals surface area (Å²) in [4.78, 5) is 18.8. The quantitative estimate of drug-likeness (QED) is 0.196. The summed E-state index contributed by atoms with van der Waals surface area (Å²) in [5.41, 5.74) is 0.820. The van der Waals surface area contributed by atoms with Gasteiger partial charge in [-0.2, -0.15) is 0 Å². The Labute approximate surface area is 207 Å². The standard InChI is InChI=1S/C22H34N4O5.HI/c1-28-14-15-29-11-4-8-23-22(24-17-21(27)26-9-2-3-10-26)25-18-6-7-19-20(16-18)31-13-5-12-30-19;/h6-7,16H,2-5,8-15,17H2,1H3,(H2,23,24,25);1H. The molecule has 0 radical (unpaired) electrons. The second-order valence-corrected chi connectivity index (χ2v) is 7.48. The number of hydrogen-bond acceptors (Lipinski definition) is 6. The van der Waals surface area contributed by atoms with Gasteiger partial charge in [0.1, 0.15) is 6.54 Å². The number of aliphatic imine (C=N–C) groups is 1. The second-order valence-electron chi connectivity index (χ2n) is 7.48. The number of carbonyl (C=O) groups excluding carboxylic acids is 1. The van der Waals surface area contributed by atoms with E-state index >= 15 is 0 Å². The van der Waals surface area contributed by atoms with E-state index < -0.39 is 0 Å². The first-order valence-corrected chi connectivity index (χ1v) is 11.1. The van der Waals surface area contributed by atoms with Gasteiger partial charge in [0.15, 0.2) is 17.5 Å². The third-order valence-electron chi connectivity index (χ3n) is 5.03. The Balaban J connectivity index is 0.00000363. The van der Waals surface area contributed by atoms with E-state index in [-0.39, 0.29) is 36.4 Å². The summed E-state index contributed by atoms with van der Waals surface area (Å²) in [6.07, 6.45) is 3.81. The van der Waals surface area contributed by atoms with Crippen molar-refractivity contribution in [2.75, 3.05) is 71.6 Å². The molecule has 1 amide bonds. The van der Waals surface area contributed by atoms with Crippen LogP contribution in [0.3, 0.4) is 0 Å². The highest BCUT2D eigenvalue weighted by Crippen LogP contribution is 2.32. The Morgan fingerprint density at radius 3 is 2.66 bits per heavy atom. The molecule has 9 nitrogen and oxygen atoms in total. The van der Waals surface area contributed by atoms with Gasteiger partial charge in [-0.25, -0.2) is 4.99 Å². The van der Waals surface area contributed by atoms with Crippen LogP contribution in [0.5, 0.6) is 11.5 Å². The summed E-state index contributed by atoms with van der Waals surface area (Å²) in [6.45, 7) is 5.51. The first-order chi connectivity index (χ1) is 15.3. The molecular formula is C22H35IN4O5. The van der Waals surface area contributed by atoms with Crippen LogP contribution in [0.25, 0.3) is 0 Å². The van der Waals surface area contributed by atoms with Gasteiger partial charge in [-0.15, -0.1) is 24.0 Å². The Morgan fingerprint density at radius 2 is 1.88 bits per heavy atom. The van der Waals surface area contributed by atoms with E-state index in [1.165, 1.54) is 0 Å². The van der Waals surface area contributed by atoms with Gasteiger partial charge in [-0.3, -0.25) is 4.79 Å². The zero-order chi connectivity index (χ0) is 21.7. The Kier molecular flexibility index (Phi) is 12.5. The number of amides is 1. The number of hydrogen-bond donors (Lipinski definition) is 2. The molecule has 0 aliphatic carbocycles. The molecule has 2 N–H and O–H groups in total. The van der Waals surface area contributed by atoms with Crippen molar-refractivity contribution in [3.8, 4) is 11.5 Å². The van der Waals surface area contributed by atoms with E-state index in [1.54, 1.807) is 7.11 Å². The van der Waals surface area contributed by atoms with Crippen molar-refractivity contribution in [1.82, 2.24) is 10.2 Å². The average Bonchev–Trinajstić information content (AvgIpc) is 3.22. The van der Waals surface area contributed by atoms with E-state index in [9.17, 15) is 4.79 Å². The van der Waals surface area contributed by atoms with Gasteiger partial charge in [0.05, 0.1) is 26.4 Å². The molecular weight excluding hydrogens is 527 g/mol. The number of ether oxygens (including phenoxy) is 4. The predicted molar refractivity (Wildman–Crippen MR) is 135 cm³/mol. The number of anilines is 1. The average molecular weight is 562 g/mol. The van der Waals surface area contributed by atoms with E-state index in [1.807, 2.05) is 23.1 Å². The molecule has 1 aromatic carbocycles. The van der Waals surface area contributed by atoms with Crippen LogP contribution in [-0.2, 0) is 14.3 Å². The molecule has 1 fully saturated rings. The van der Waals surface area contributed by atoms with Crippen molar-refractivity contribution in [2.45, 2.75) is 25.7 Å². The van der Waals surface area contributed by atoms with Crippen molar-refractivity contribution in [3.63, 3.8) is 0 Å². The molecule has 2 heterocycles. The molecule has 0 saturated carbocycles. The molecule has 0 unspecified atom stereocenters. The number of fused-ring (bicyclic) bond motifs is 1. The van der Waals surface area contributed by atoms with Gasteiger partial charge in [-0.1, -0.05) is 0 Å². The molecule has 32 heavy (non-hydrogen) atoms. The minimum Gasteiger partial charge on any atom is -0.490 e. The maximum atomic E-state index is 12.4. The maximum absolute atomic E-state index is 12.4. The molecule has 3 rings (SSSR count). The first-order valence-electron chi connectivity index (χ1n) is 11.1. The highest BCUT2D eigenvalue weighted by molar-refractivity contribution is 14.0. The van der Waals surface area contributed by atoms with Crippen molar-refractivity contribution in [2.24, 2.45) is 4.99 Å².